The quantitative estimate of drug-likeness (QED) is 0.705. The van der Waals surface area contributed by atoms with Crippen LogP contribution in [0.1, 0.15) is 18.5 Å². The van der Waals surface area contributed by atoms with Gasteiger partial charge in [0.05, 0.1) is 11.2 Å². The van der Waals surface area contributed by atoms with Crippen LogP contribution in [0.4, 0.5) is 5.95 Å². The van der Waals surface area contributed by atoms with Crippen LogP contribution in [0.3, 0.4) is 0 Å². The zero-order chi connectivity index (χ0) is 10.3. The number of aromatic nitrogens is 3. The number of aryl methyl sites for hydroxylation is 1. The van der Waals surface area contributed by atoms with Gasteiger partial charge in [-0.15, -0.1) is 5.10 Å². The van der Waals surface area contributed by atoms with Crippen LogP contribution in [-0.4, -0.2) is 27.7 Å². The van der Waals surface area contributed by atoms with E-state index in [-0.39, 0.29) is 0 Å². The molecule has 0 saturated carbocycles. The molecule has 1 aliphatic rings. The Kier molecular flexibility index (Phi) is 1.87. The third-order valence-electron chi connectivity index (χ3n) is 2.95. The van der Waals surface area contributed by atoms with Gasteiger partial charge in [-0.1, -0.05) is 0 Å². The number of rotatable bonds is 1. The summed E-state index contributed by atoms with van der Waals surface area (Å²) in [6.45, 7) is 4.22. The van der Waals surface area contributed by atoms with Gasteiger partial charge in [0, 0.05) is 19.3 Å². The molecule has 15 heavy (non-hydrogen) atoms. The summed E-state index contributed by atoms with van der Waals surface area (Å²) in [6, 6.07) is 4.05. The lowest BCUT2D eigenvalue weighted by atomic mass is 10.4. The number of fused-ring (bicyclic) bond motifs is 1. The monoisotopic (exact) mass is 202 g/mol. The molecule has 0 aliphatic carbocycles. The van der Waals surface area contributed by atoms with E-state index in [4.69, 9.17) is 0 Å². The molecule has 4 heteroatoms. The summed E-state index contributed by atoms with van der Waals surface area (Å²) in [6.07, 6.45) is 4.49. The molecule has 0 N–H and O–H groups in total. The highest BCUT2D eigenvalue weighted by Crippen LogP contribution is 2.17. The Morgan fingerprint density at radius 3 is 2.87 bits per heavy atom. The lowest BCUT2D eigenvalue weighted by Gasteiger charge is -2.15. The van der Waals surface area contributed by atoms with Crippen molar-refractivity contribution < 1.29 is 0 Å². The summed E-state index contributed by atoms with van der Waals surface area (Å²) in [7, 11) is 0. The van der Waals surface area contributed by atoms with Crippen molar-refractivity contribution in [3.05, 3.63) is 24.0 Å². The Morgan fingerprint density at radius 2 is 2.07 bits per heavy atom. The molecule has 0 amide bonds. The number of anilines is 1. The second-order valence-corrected chi connectivity index (χ2v) is 4.03. The highest BCUT2D eigenvalue weighted by atomic mass is 15.4. The summed E-state index contributed by atoms with van der Waals surface area (Å²) in [5, 5.41) is 4.51. The molecule has 2 aromatic heterocycles. The molecule has 4 nitrogen and oxygen atoms in total. The third kappa shape index (κ3) is 1.37. The molecule has 0 aromatic carbocycles. The predicted molar refractivity (Wildman–Crippen MR) is 59.2 cm³/mol. The second kappa shape index (κ2) is 3.22. The van der Waals surface area contributed by atoms with Crippen molar-refractivity contribution in [2.24, 2.45) is 0 Å². The number of hydrogen-bond donors (Lipinski definition) is 0. The van der Waals surface area contributed by atoms with Gasteiger partial charge >= 0.3 is 0 Å². The van der Waals surface area contributed by atoms with Gasteiger partial charge in [-0.3, -0.25) is 0 Å². The molecule has 3 heterocycles. The van der Waals surface area contributed by atoms with Crippen molar-refractivity contribution >= 4 is 11.5 Å². The molecule has 0 bridgehead atoms. The van der Waals surface area contributed by atoms with Crippen LogP contribution in [0.2, 0.25) is 0 Å². The summed E-state index contributed by atoms with van der Waals surface area (Å²) >= 11 is 0. The van der Waals surface area contributed by atoms with E-state index in [1.165, 1.54) is 12.8 Å². The minimum atomic E-state index is 0.869. The molecule has 78 valence electrons. The Bertz CT molecular complexity index is 482. The van der Waals surface area contributed by atoms with E-state index in [0.29, 0.717) is 0 Å². The maximum absolute atomic E-state index is 4.55. The third-order valence-corrected chi connectivity index (χ3v) is 2.95. The van der Waals surface area contributed by atoms with Crippen molar-refractivity contribution in [1.82, 2.24) is 14.6 Å². The largest absolute Gasteiger partial charge is 0.340 e. The van der Waals surface area contributed by atoms with Crippen LogP contribution >= 0.6 is 0 Å². The normalized spacial score (nSPS) is 16.5. The van der Waals surface area contributed by atoms with Crippen molar-refractivity contribution in [2.45, 2.75) is 19.8 Å². The van der Waals surface area contributed by atoms with Crippen LogP contribution < -0.4 is 4.90 Å². The lowest BCUT2D eigenvalue weighted by Crippen LogP contribution is -2.21. The van der Waals surface area contributed by atoms with E-state index >= 15 is 0 Å². The van der Waals surface area contributed by atoms with Gasteiger partial charge in [0.1, 0.15) is 0 Å². The average molecular weight is 202 g/mol. The Balaban J connectivity index is 2.11. The predicted octanol–water partition coefficient (Wildman–Crippen LogP) is 1.64. The van der Waals surface area contributed by atoms with Crippen LogP contribution in [0.15, 0.2) is 18.3 Å². The average Bonchev–Trinajstić information content (AvgIpc) is 2.88. The summed E-state index contributed by atoms with van der Waals surface area (Å²) in [4.78, 5) is 6.81. The Hall–Kier alpha value is -1.58. The number of nitrogens with zero attached hydrogens (tertiary/aromatic N) is 4. The van der Waals surface area contributed by atoms with E-state index < -0.39 is 0 Å². The van der Waals surface area contributed by atoms with Gasteiger partial charge in [-0.2, -0.15) is 0 Å². The van der Waals surface area contributed by atoms with Gasteiger partial charge < -0.3 is 4.90 Å². The zero-order valence-electron chi connectivity index (χ0n) is 8.85. The van der Waals surface area contributed by atoms with Gasteiger partial charge in [-0.25, -0.2) is 9.50 Å². The fourth-order valence-electron chi connectivity index (χ4n) is 2.12. The summed E-state index contributed by atoms with van der Waals surface area (Å²) in [5.41, 5.74) is 2.15. The molecule has 1 aliphatic heterocycles. The molecule has 0 atom stereocenters. The Labute approximate surface area is 88.5 Å². The standard InChI is InChI=1S/C11H14N4/c1-9-10-5-4-8-15(10)13-11(12-9)14-6-2-3-7-14/h4-5,8H,2-3,6-7H2,1H3. The number of hydrogen-bond acceptors (Lipinski definition) is 3. The molecule has 0 radical (unpaired) electrons. The SMILES string of the molecule is Cc1nc(N2CCCC2)nn2cccc12. The topological polar surface area (TPSA) is 33.4 Å². The minimum Gasteiger partial charge on any atom is -0.340 e. The first-order chi connectivity index (χ1) is 7.34. The Morgan fingerprint density at radius 1 is 1.27 bits per heavy atom. The molecular formula is C11H14N4. The first kappa shape index (κ1) is 8.71. The van der Waals surface area contributed by atoms with Crippen LogP contribution in [-0.2, 0) is 0 Å². The van der Waals surface area contributed by atoms with Crippen molar-refractivity contribution in [1.29, 1.82) is 0 Å². The molecule has 1 saturated heterocycles. The summed E-state index contributed by atoms with van der Waals surface area (Å²) < 4.78 is 1.91. The highest BCUT2D eigenvalue weighted by molar-refractivity contribution is 5.52. The zero-order valence-corrected chi connectivity index (χ0v) is 8.85. The molecule has 0 unspecified atom stereocenters. The van der Waals surface area contributed by atoms with E-state index in [9.17, 15) is 0 Å². The van der Waals surface area contributed by atoms with E-state index in [1.807, 2.05) is 29.8 Å². The van der Waals surface area contributed by atoms with Crippen molar-refractivity contribution in [3.8, 4) is 0 Å². The molecule has 1 fully saturated rings. The van der Waals surface area contributed by atoms with Gasteiger partial charge in [0.2, 0.25) is 5.95 Å². The van der Waals surface area contributed by atoms with Crippen LogP contribution in [0.25, 0.3) is 5.52 Å². The lowest BCUT2D eigenvalue weighted by molar-refractivity contribution is 0.814. The molecular weight excluding hydrogens is 188 g/mol. The van der Waals surface area contributed by atoms with Crippen molar-refractivity contribution in [2.75, 3.05) is 18.0 Å². The van der Waals surface area contributed by atoms with E-state index in [0.717, 1.165) is 30.2 Å². The maximum Gasteiger partial charge on any atom is 0.243 e. The molecule has 2 aromatic rings. The fraction of sp³-hybridized carbons (Fsp3) is 0.455. The van der Waals surface area contributed by atoms with Crippen molar-refractivity contribution in [3.63, 3.8) is 0 Å². The van der Waals surface area contributed by atoms with Crippen LogP contribution in [0.5, 0.6) is 0 Å². The maximum atomic E-state index is 4.55. The summed E-state index contributed by atoms with van der Waals surface area (Å²) in [5.74, 6) is 0.869. The van der Waals surface area contributed by atoms with Gasteiger partial charge in [-0.05, 0) is 31.9 Å². The molecule has 0 spiro atoms. The molecule has 3 rings (SSSR count). The van der Waals surface area contributed by atoms with Crippen LogP contribution in [0, 0.1) is 6.92 Å². The fourth-order valence-corrected chi connectivity index (χ4v) is 2.12. The highest BCUT2D eigenvalue weighted by Gasteiger charge is 2.16. The first-order valence-electron chi connectivity index (χ1n) is 5.41. The van der Waals surface area contributed by atoms with E-state index in [1.54, 1.807) is 0 Å². The second-order valence-electron chi connectivity index (χ2n) is 4.03. The van der Waals surface area contributed by atoms with Gasteiger partial charge in [0.25, 0.3) is 0 Å². The minimum absolute atomic E-state index is 0.869. The smallest absolute Gasteiger partial charge is 0.243 e. The van der Waals surface area contributed by atoms with Gasteiger partial charge in [0.15, 0.2) is 0 Å². The van der Waals surface area contributed by atoms with E-state index in [2.05, 4.69) is 15.0 Å². The first-order valence-corrected chi connectivity index (χ1v) is 5.41.